The molecule has 0 saturated heterocycles. The van der Waals surface area contributed by atoms with Gasteiger partial charge in [-0.3, -0.25) is 4.79 Å². The summed E-state index contributed by atoms with van der Waals surface area (Å²) >= 11 is 0. The number of Topliss-reactive ketones (excluding diaryl/α,β-unsaturated/α-hetero) is 1. The maximum absolute atomic E-state index is 10.9. The van der Waals surface area contributed by atoms with E-state index in [9.17, 15) is 4.79 Å². The maximum atomic E-state index is 10.9. The molecule has 0 aromatic heterocycles. The second-order valence-electron chi connectivity index (χ2n) is 3.69. The average molecular weight is 155 g/mol. The van der Waals surface area contributed by atoms with E-state index in [0.717, 1.165) is 0 Å². The normalized spacial score (nSPS) is 23.9. The number of carbonyl (C=O) groups excluding carboxylic acids is 1. The molecule has 2 atom stereocenters. The summed E-state index contributed by atoms with van der Waals surface area (Å²) in [6.07, 6.45) is 3.85. The number of rotatable bonds is 3. The first-order chi connectivity index (χ1) is 5.13. The fourth-order valence-corrected chi connectivity index (χ4v) is 1.63. The van der Waals surface area contributed by atoms with Crippen LogP contribution in [0.4, 0.5) is 0 Å². The molecule has 1 saturated carbocycles. The van der Waals surface area contributed by atoms with E-state index in [1.54, 1.807) is 6.92 Å². The summed E-state index contributed by atoms with van der Waals surface area (Å²) < 4.78 is 0. The van der Waals surface area contributed by atoms with Gasteiger partial charge in [-0.25, -0.2) is 0 Å². The van der Waals surface area contributed by atoms with E-state index in [1.165, 1.54) is 19.3 Å². The summed E-state index contributed by atoms with van der Waals surface area (Å²) in [5.41, 5.74) is 5.72. The van der Waals surface area contributed by atoms with E-state index in [2.05, 4.69) is 6.92 Å². The number of ketones is 1. The van der Waals surface area contributed by atoms with Crippen LogP contribution in [0.2, 0.25) is 0 Å². The van der Waals surface area contributed by atoms with E-state index >= 15 is 0 Å². The monoisotopic (exact) mass is 155 g/mol. The quantitative estimate of drug-likeness (QED) is 0.668. The van der Waals surface area contributed by atoms with Gasteiger partial charge in [0.15, 0.2) is 0 Å². The lowest BCUT2D eigenvalue weighted by atomic mass is 9.73. The first-order valence-corrected chi connectivity index (χ1v) is 4.39. The molecule has 11 heavy (non-hydrogen) atoms. The van der Waals surface area contributed by atoms with Crippen LogP contribution in [0.5, 0.6) is 0 Å². The highest BCUT2D eigenvalue weighted by atomic mass is 16.1. The van der Waals surface area contributed by atoms with Crippen LogP contribution >= 0.6 is 0 Å². The Kier molecular flexibility index (Phi) is 2.66. The van der Waals surface area contributed by atoms with E-state index in [4.69, 9.17) is 5.73 Å². The van der Waals surface area contributed by atoms with Crippen LogP contribution in [0.25, 0.3) is 0 Å². The van der Waals surface area contributed by atoms with Gasteiger partial charge in [-0.1, -0.05) is 26.2 Å². The predicted molar refractivity (Wildman–Crippen MR) is 45.2 cm³/mol. The average Bonchev–Trinajstić information content (AvgIpc) is 1.82. The van der Waals surface area contributed by atoms with Gasteiger partial charge in [-0.15, -0.1) is 0 Å². The van der Waals surface area contributed by atoms with E-state index in [1.807, 2.05) is 0 Å². The van der Waals surface area contributed by atoms with Gasteiger partial charge in [0.2, 0.25) is 0 Å². The van der Waals surface area contributed by atoms with Crippen LogP contribution in [0, 0.1) is 11.8 Å². The second-order valence-corrected chi connectivity index (χ2v) is 3.69. The number of hydrogen-bond donors (Lipinski definition) is 1. The van der Waals surface area contributed by atoms with E-state index in [0.29, 0.717) is 11.8 Å². The van der Waals surface area contributed by atoms with E-state index in [-0.39, 0.29) is 11.8 Å². The highest BCUT2D eigenvalue weighted by molar-refractivity contribution is 5.81. The predicted octanol–water partition coefficient (Wildman–Crippen LogP) is 1.34. The lowest BCUT2D eigenvalue weighted by Gasteiger charge is -2.33. The van der Waals surface area contributed by atoms with Gasteiger partial charge in [-0.2, -0.15) is 0 Å². The summed E-state index contributed by atoms with van der Waals surface area (Å²) in [7, 11) is 0. The highest BCUT2D eigenvalue weighted by Crippen LogP contribution is 2.34. The van der Waals surface area contributed by atoms with Crippen molar-refractivity contribution < 1.29 is 4.79 Å². The van der Waals surface area contributed by atoms with Gasteiger partial charge in [0.1, 0.15) is 5.78 Å². The summed E-state index contributed by atoms with van der Waals surface area (Å²) in [5.74, 6) is 1.24. The van der Waals surface area contributed by atoms with Crippen molar-refractivity contribution in [3.05, 3.63) is 0 Å². The largest absolute Gasteiger partial charge is 0.321 e. The third-order valence-electron chi connectivity index (χ3n) is 2.93. The Morgan fingerprint density at radius 2 is 2.09 bits per heavy atom. The minimum absolute atomic E-state index is 0.129. The van der Waals surface area contributed by atoms with Crippen LogP contribution in [0.15, 0.2) is 0 Å². The molecule has 0 aliphatic heterocycles. The van der Waals surface area contributed by atoms with Gasteiger partial charge in [0, 0.05) is 0 Å². The first kappa shape index (κ1) is 8.72. The van der Waals surface area contributed by atoms with Crippen LogP contribution in [-0.2, 0) is 4.79 Å². The lowest BCUT2D eigenvalue weighted by molar-refractivity contribution is -0.119. The molecule has 0 bridgehead atoms. The molecule has 0 radical (unpaired) electrons. The second kappa shape index (κ2) is 3.35. The van der Waals surface area contributed by atoms with Gasteiger partial charge in [-0.05, 0) is 18.8 Å². The van der Waals surface area contributed by atoms with Crippen molar-refractivity contribution in [2.75, 3.05) is 0 Å². The summed E-state index contributed by atoms with van der Waals surface area (Å²) in [6, 6.07) is -0.222. The Hall–Kier alpha value is -0.370. The molecular weight excluding hydrogens is 138 g/mol. The molecular formula is C9H17NO. The molecule has 0 aromatic carbocycles. The molecule has 0 amide bonds. The molecule has 0 spiro atoms. The molecule has 64 valence electrons. The van der Waals surface area contributed by atoms with E-state index < -0.39 is 0 Å². The molecule has 0 aromatic rings. The first-order valence-electron chi connectivity index (χ1n) is 4.39. The summed E-state index contributed by atoms with van der Waals surface area (Å²) in [6.45, 7) is 3.68. The van der Waals surface area contributed by atoms with Crippen molar-refractivity contribution in [2.24, 2.45) is 17.6 Å². The van der Waals surface area contributed by atoms with Crippen molar-refractivity contribution in [3.8, 4) is 0 Å². The minimum Gasteiger partial charge on any atom is -0.321 e. The molecule has 2 nitrogen and oxygen atoms in total. The topological polar surface area (TPSA) is 43.1 Å². The number of carbonyl (C=O) groups is 1. The Balaban J connectivity index is 2.38. The summed E-state index contributed by atoms with van der Waals surface area (Å²) in [5, 5.41) is 0. The molecule has 0 unspecified atom stereocenters. The third kappa shape index (κ3) is 1.80. The lowest BCUT2D eigenvalue weighted by Crippen LogP contribution is -2.40. The van der Waals surface area contributed by atoms with Gasteiger partial charge < -0.3 is 5.73 Å². The van der Waals surface area contributed by atoms with Gasteiger partial charge in [0.25, 0.3) is 0 Å². The molecule has 1 aliphatic carbocycles. The Morgan fingerprint density at radius 1 is 1.55 bits per heavy atom. The fourth-order valence-electron chi connectivity index (χ4n) is 1.63. The van der Waals surface area contributed by atoms with Crippen LogP contribution < -0.4 is 5.73 Å². The highest BCUT2D eigenvalue weighted by Gasteiger charge is 2.29. The minimum atomic E-state index is -0.222. The van der Waals surface area contributed by atoms with Crippen molar-refractivity contribution in [3.63, 3.8) is 0 Å². The SMILES string of the molecule is CC(=O)[C@H](N)[C@H](C)C1CCC1. The number of hydrogen-bond acceptors (Lipinski definition) is 2. The van der Waals surface area contributed by atoms with Crippen molar-refractivity contribution in [1.29, 1.82) is 0 Å². The van der Waals surface area contributed by atoms with Crippen molar-refractivity contribution in [2.45, 2.75) is 39.2 Å². The molecule has 2 N–H and O–H groups in total. The summed E-state index contributed by atoms with van der Waals surface area (Å²) in [4.78, 5) is 10.9. The Labute approximate surface area is 68.2 Å². The van der Waals surface area contributed by atoms with Gasteiger partial charge in [0.05, 0.1) is 6.04 Å². The number of nitrogens with two attached hydrogens (primary N) is 1. The fraction of sp³-hybridized carbons (Fsp3) is 0.889. The molecule has 1 rings (SSSR count). The van der Waals surface area contributed by atoms with Crippen molar-refractivity contribution in [1.82, 2.24) is 0 Å². The molecule has 2 heteroatoms. The zero-order valence-electron chi connectivity index (χ0n) is 7.34. The zero-order chi connectivity index (χ0) is 8.43. The maximum Gasteiger partial charge on any atom is 0.146 e. The third-order valence-corrected chi connectivity index (χ3v) is 2.93. The van der Waals surface area contributed by atoms with Crippen LogP contribution in [0.3, 0.4) is 0 Å². The molecule has 1 aliphatic rings. The van der Waals surface area contributed by atoms with Crippen LogP contribution in [-0.4, -0.2) is 11.8 Å². The standard InChI is InChI=1S/C9H17NO/c1-6(8-4-3-5-8)9(10)7(2)11/h6,8-9H,3-5,10H2,1-2H3/t6-,9-/m1/s1. The van der Waals surface area contributed by atoms with Gasteiger partial charge >= 0.3 is 0 Å². The molecule has 1 fully saturated rings. The zero-order valence-corrected chi connectivity index (χ0v) is 7.34. The van der Waals surface area contributed by atoms with Crippen LogP contribution in [0.1, 0.15) is 33.1 Å². The smallest absolute Gasteiger partial charge is 0.146 e. The Morgan fingerprint density at radius 3 is 2.36 bits per heavy atom. The van der Waals surface area contributed by atoms with Crippen molar-refractivity contribution >= 4 is 5.78 Å². The Bertz CT molecular complexity index is 152. The molecule has 0 heterocycles.